The van der Waals surface area contributed by atoms with Gasteiger partial charge in [-0.25, -0.2) is 9.18 Å². The summed E-state index contributed by atoms with van der Waals surface area (Å²) in [4.78, 5) is 11.8. The molecule has 0 saturated heterocycles. The molecule has 3 nitrogen and oxygen atoms in total. The number of rotatable bonds is 1. The molecule has 2 rings (SSSR count). The minimum atomic E-state index is -1.00. The maximum absolute atomic E-state index is 13.6. The van der Waals surface area contributed by atoms with E-state index < -0.39 is 17.6 Å². The van der Waals surface area contributed by atoms with E-state index in [1.54, 1.807) is 32.9 Å². The predicted octanol–water partition coefficient (Wildman–Crippen LogP) is 2.87. The van der Waals surface area contributed by atoms with Crippen LogP contribution in [-0.2, 0) is 14.3 Å². The van der Waals surface area contributed by atoms with E-state index in [1.807, 2.05) is 0 Å². The highest BCUT2D eigenvalue weighted by Gasteiger charge is 2.35. The number of allylic oxidation sites excluding steroid dienone is 1. The molecular weight excluding hydrogens is 223 g/mol. The molecule has 0 radical (unpaired) electrons. The molecule has 0 N–H and O–H groups in total. The Labute approximate surface area is 98.8 Å². The van der Waals surface area contributed by atoms with Crippen LogP contribution in [-0.4, -0.2) is 11.8 Å². The third kappa shape index (κ3) is 2.16. The summed E-state index contributed by atoms with van der Waals surface area (Å²) in [5.74, 6) is -1.67. The fraction of sp³-hybridized carbons (Fsp3) is 0.308. The molecule has 1 aromatic rings. The Morgan fingerprint density at radius 1 is 1.18 bits per heavy atom. The molecule has 0 atom stereocenters. The number of benzene rings is 1. The number of carbonyl (C=O) groups is 1. The van der Waals surface area contributed by atoms with Crippen molar-refractivity contribution in [3.8, 4) is 0 Å². The molecule has 0 fully saturated rings. The second-order valence-electron chi connectivity index (χ2n) is 4.30. The van der Waals surface area contributed by atoms with Crippen molar-refractivity contribution in [3.63, 3.8) is 0 Å². The normalized spacial score (nSPS) is 18.7. The lowest BCUT2D eigenvalue weighted by Gasteiger charge is -2.32. The van der Waals surface area contributed by atoms with Crippen molar-refractivity contribution in [3.05, 3.63) is 41.4 Å². The average Bonchev–Trinajstić information content (AvgIpc) is 2.17. The van der Waals surface area contributed by atoms with Crippen molar-refractivity contribution in [1.82, 2.24) is 0 Å². The van der Waals surface area contributed by atoms with Crippen molar-refractivity contribution < 1.29 is 18.7 Å². The number of carbonyl (C=O) groups excluding carboxylic acids is 1. The number of esters is 1. The Balaban J connectivity index is 2.52. The predicted molar refractivity (Wildman–Crippen MR) is 60.3 cm³/mol. The van der Waals surface area contributed by atoms with Gasteiger partial charge in [0.2, 0.25) is 5.79 Å². The molecule has 90 valence electrons. The first-order valence-electron chi connectivity index (χ1n) is 5.29. The number of ether oxygens (including phenoxy) is 2. The highest BCUT2D eigenvalue weighted by atomic mass is 19.1. The lowest BCUT2D eigenvalue weighted by atomic mass is 10.0. The summed E-state index contributed by atoms with van der Waals surface area (Å²) in [6.45, 7) is 4.89. The van der Waals surface area contributed by atoms with Gasteiger partial charge in [0.25, 0.3) is 0 Å². The van der Waals surface area contributed by atoms with E-state index in [-0.39, 0.29) is 11.1 Å². The standard InChI is InChI=1S/C13H13FO3/c1-8-11(9-6-4-5-7-10(9)14)12(15)17-13(2,3)16-8/h4-7H,1-3H3. The smallest absolute Gasteiger partial charge is 0.345 e. The molecule has 1 aliphatic heterocycles. The summed E-state index contributed by atoms with van der Waals surface area (Å²) in [5.41, 5.74) is 0.341. The van der Waals surface area contributed by atoms with E-state index in [0.717, 1.165) is 0 Å². The van der Waals surface area contributed by atoms with Crippen LogP contribution in [0.25, 0.3) is 5.57 Å². The largest absolute Gasteiger partial charge is 0.457 e. The van der Waals surface area contributed by atoms with Gasteiger partial charge < -0.3 is 9.47 Å². The van der Waals surface area contributed by atoms with Gasteiger partial charge in [-0.3, -0.25) is 0 Å². The van der Waals surface area contributed by atoms with Crippen molar-refractivity contribution in [2.75, 3.05) is 0 Å². The molecule has 1 aliphatic rings. The molecule has 1 heterocycles. The van der Waals surface area contributed by atoms with Gasteiger partial charge >= 0.3 is 5.97 Å². The van der Waals surface area contributed by atoms with Gasteiger partial charge in [-0.05, 0) is 13.0 Å². The summed E-state index contributed by atoms with van der Waals surface area (Å²) in [5, 5.41) is 0. The lowest BCUT2D eigenvalue weighted by molar-refractivity contribution is -0.202. The Bertz CT molecular complexity index is 503. The summed E-state index contributed by atoms with van der Waals surface area (Å²) in [7, 11) is 0. The van der Waals surface area contributed by atoms with Crippen LogP contribution in [0.5, 0.6) is 0 Å². The Morgan fingerprint density at radius 2 is 1.82 bits per heavy atom. The van der Waals surface area contributed by atoms with E-state index in [1.165, 1.54) is 12.1 Å². The SMILES string of the molecule is CC1=C(c2ccccc2F)C(=O)OC(C)(C)O1. The van der Waals surface area contributed by atoms with Crippen LogP contribution < -0.4 is 0 Å². The molecule has 0 saturated carbocycles. The zero-order valence-electron chi connectivity index (χ0n) is 9.91. The van der Waals surface area contributed by atoms with Gasteiger partial charge in [0, 0.05) is 19.4 Å². The molecule has 0 spiro atoms. The molecule has 0 aliphatic carbocycles. The minimum Gasteiger partial charge on any atom is -0.457 e. The van der Waals surface area contributed by atoms with Crippen LogP contribution in [0.4, 0.5) is 4.39 Å². The van der Waals surface area contributed by atoms with Crippen LogP contribution in [0.15, 0.2) is 30.0 Å². The van der Waals surface area contributed by atoms with E-state index >= 15 is 0 Å². The fourth-order valence-corrected chi connectivity index (χ4v) is 1.82. The minimum absolute atomic E-state index is 0.141. The van der Waals surface area contributed by atoms with Crippen molar-refractivity contribution >= 4 is 11.5 Å². The lowest BCUT2D eigenvalue weighted by Crippen LogP contribution is -2.36. The zero-order chi connectivity index (χ0) is 12.6. The quantitative estimate of drug-likeness (QED) is 0.703. The van der Waals surface area contributed by atoms with Gasteiger partial charge in [-0.15, -0.1) is 0 Å². The Morgan fingerprint density at radius 3 is 2.41 bits per heavy atom. The van der Waals surface area contributed by atoms with Gasteiger partial charge in [0.05, 0.1) is 0 Å². The van der Waals surface area contributed by atoms with Crippen LogP contribution >= 0.6 is 0 Å². The van der Waals surface area contributed by atoms with Crippen LogP contribution in [0.3, 0.4) is 0 Å². The zero-order valence-corrected chi connectivity index (χ0v) is 9.91. The van der Waals surface area contributed by atoms with Crippen molar-refractivity contribution in [2.24, 2.45) is 0 Å². The maximum atomic E-state index is 13.6. The Kier molecular flexibility index (Phi) is 2.65. The number of cyclic esters (lactones) is 1. The molecule has 0 amide bonds. The van der Waals surface area contributed by atoms with E-state index in [2.05, 4.69) is 0 Å². The van der Waals surface area contributed by atoms with Gasteiger partial charge in [-0.2, -0.15) is 0 Å². The molecule has 17 heavy (non-hydrogen) atoms. The fourth-order valence-electron chi connectivity index (χ4n) is 1.82. The molecule has 4 heteroatoms. The molecule has 1 aromatic carbocycles. The summed E-state index contributed by atoms with van der Waals surface area (Å²) < 4.78 is 24.1. The monoisotopic (exact) mass is 236 g/mol. The number of hydrogen-bond acceptors (Lipinski definition) is 3. The Hall–Kier alpha value is -1.84. The number of halogens is 1. The second-order valence-corrected chi connectivity index (χ2v) is 4.30. The summed E-state index contributed by atoms with van der Waals surface area (Å²) in [6, 6.07) is 6.04. The number of hydrogen-bond donors (Lipinski definition) is 0. The van der Waals surface area contributed by atoms with Gasteiger partial charge in [0.15, 0.2) is 0 Å². The first-order chi connectivity index (χ1) is 7.91. The van der Waals surface area contributed by atoms with Crippen LogP contribution in [0.1, 0.15) is 26.3 Å². The van der Waals surface area contributed by atoms with Crippen LogP contribution in [0, 0.1) is 5.82 Å². The highest BCUT2D eigenvalue weighted by Crippen LogP contribution is 2.32. The third-order valence-corrected chi connectivity index (χ3v) is 2.44. The molecule has 0 unspecified atom stereocenters. The molecular formula is C13H13FO3. The van der Waals surface area contributed by atoms with Crippen LogP contribution in [0.2, 0.25) is 0 Å². The van der Waals surface area contributed by atoms with Gasteiger partial charge in [0.1, 0.15) is 17.1 Å². The molecule has 0 bridgehead atoms. The van der Waals surface area contributed by atoms with E-state index in [9.17, 15) is 9.18 Å². The second kappa shape index (κ2) is 3.87. The maximum Gasteiger partial charge on any atom is 0.345 e. The topological polar surface area (TPSA) is 35.5 Å². The first-order valence-corrected chi connectivity index (χ1v) is 5.29. The average molecular weight is 236 g/mol. The first kappa shape index (κ1) is 11.6. The van der Waals surface area contributed by atoms with Crippen molar-refractivity contribution in [2.45, 2.75) is 26.6 Å². The van der Waals surface area contributed by atoms with E-state index in [4.69, 9.17) is 9.47 Å². The summed E-state index contributed by atoms with van der Waals surface area (Å²) >= 11 is 0. The molecule has 0 aromatic heterocycles. The van der Waals surface area contributed by atoms with Gasteiger partial charge in [-0.1, -0.05) is 18.2 Å². The van der Waals surface area contributed by atoms with Crippen molar-refractivity contribution in [1.29, 1.82) is 0 Å². The summed E-state index contributed by atoms with van der Waals surface area (Å²) in [6.07, 6.45) is 0. The highest BCUT2D eigenvalue weighted by molar-refractivity contribution is 6.17. The van der Waals surface area contributed by atoms with E-state index in [0.29, 0.717) is 5.76 Å². The third-order valence-electron chi connectivity index (χ3n) is 2.44.